The highest BCUT2D eigenvalue weighted by Gasteiger charge is 2.38. The van der Waals surface area contributed by atoms with E-state index in [9.17, 15) is 63.0 Å². The maximum absolute atomic E-state index is 15.0. The summed E-state index contributed by atoms with van der Waals surface area (Å²) in [5.41, 5.74) is 24.8. The van der Waals surface area contributed by atoms with Crippen LogP contribution in [0.1, 0.15) is 116 Å². The first-order valence-electron chi connectivity index (χ1n) is 31.8. The van der Waals surface area contributed by atoms with Crippen LogP contribution in [-0.4, -0.2) is 158 Å². The lowest BCUT2D eigenvalue weighted by Crippen LogP contribution is -2.62. The molecule has 0 spiro atoms. The first kappa shape index (κ1) is 77.5. The van der Waals surface area contributed by atoms with Gasteiger partial charge in [0.2, 0.25) is 59.1 Å². The molecular formula is C66H96N16O13. The van der Waals surface area contributed by atoms with Crippen molar-refractivity contribution in [1.29, 1.82) is 0 Å². The minimum atomic E-state index is -1.62. The van der Waals surface area contributed by atoms with Gasteiger partial charge in [-0.25, -0.2) is 9.78 Å². The summed E-state index contributed by atoms with van der Waals surface area (Å²) in [6.45, 7) is 13.9. The number of aromatic nitrogens is 2. The number of rotatable bonds is 40. The summed E-state index contributed by atoms with van der Waals surface area (Å²) >= 11 is 0. The number of hydrogen-bond donors (Lipinski definition) is 16. The number of guanidine groups is 1. The van der Waals surface area contributed by atoms with E-state index in [1.54, 1.807) is 88.4 Å². The van der Waals surface area contributed by atoms with E-state index in [1.165, 1.54) is 36.8 Å². The Morgan fingerprint density at radius 1 is 0.505 bits per heavy atom. The zero-order chi connectivity index (χ0) is 70.5. The van der Waals surface area contributed by atoms with Crippen LogP contribution in [0.2, 0.25) is 0 Å². The SMILES string of the molecule is CC[C@H](C)[C@H](N)C(=O)N[C@@H](CC(C)C)C(=O)N[C@@H](Cc1ccccc1)C(=O)N[C@H](C(=O)N[C@@H](CCC(N)=O)C(=O)N[C@@H](Cc1ccc(O)cc1)C(=O)N[C@@H](Cc1ccccc1)C(=O)N[C@@H](Cc1cnc[nH]1)C(=O)N[C@@H](CCCN=C(N)N)C(=O)N[C@H](C(=O)O)C(C)C)C(C)C. The summed E-state index contributed by atoms with van der Waals surface area (Å²) in [5.74, 6) is -11.6. The first-order valence-corrected chi connectivity index (χ1v) is 31.8. The van der Waals surface area contributed by atoms with Crippen LogP contribution in [0.15, 0.2) is 102 Å². The molecule has 0 saturated carbocycles. The van der Waals surface area contributed by atoms with E-state index in [0.29, 0.717) is 28.8 Å². The number of phenolic OH excluding ortho intramolecular Hbond substituents is 1. The number of carboxylic acid groups (broad SMARTS) is 1. The number of primary amides is 1. The van der Waals surface area contributed by atoms with Crippen molar-refractivity contribution in [2.75, 3.05) is 6.54 Å². The first-order chi connectivity index (χ1) is 45.0. The fraction of sp³-hybridized carbons (Fsp3) is 0.500. The summed E-state index contributed by atoms with van der Waals surface area (Å²) in [6.07, 6.45) is 1.95. The summed E-state index contributed by atoms with van der Waals surface area (Å²) in [7, 11) is 0. The Hall–Kier alpha value is -9.93. The van der Waals surface area contributed by atoms with E-state index in [-0.39, 0.29) is 75.0 Å². The van der Waals surface area contributed by atoms with Gasteiger partial charge >= 0.3 is 5.97 Å². The second-order valence-electron chi connectivity index (χ2n) is 24.8. The predicted molar refractivity (Wildman–Crippen MR) is 354 cm³/mol. The Balaban J connectivity index is 1.70. The Kier molecular flexibility index (Phi) is 31.8. The van der Waals surface area contributed by atoms with Gasteiger partial charge in [0.15, 0.2) is 5.96 Å². The Labute approximate surface area is 553 Å². The summed E-state index contributed by atoms with van der Waals surface area (Å²) in [4.78, 5) is 165. The van der Waals surface area contributed by atoms with Crippen molar-refractivity contribution in [2.45, 2.75) is 180 Å². The summed E-state index contributed by atoms with van der Waals surface area (Å²) in [5, 5.41) is 44.2. The third-order valence-electron chi connectivity index (χ3n) is 15.7. The molecule has 3 aromatic carbocycles. The fourth-order valence-corrected chi connectivity index (χ4v) is 10.0. The molecule has 29 nitrogen and oxygen atoms in total. The highest BCUT2D eigenvalue weighted by Crippen LogP contribution is 2.17. The molecule has 0 aliphatic heterocycles. The standard InChI is InChI=1S/C66H96N16O13/c1-9-39(8)53(68)63(92)80-47(29-36(2)3)58(87)78-50(31-41-19-14-11-15-20-41)62(91)81-54(37(4)5)64(93)75-46(26-27-52(67)84)56(85)76-49(32-42-22-24-44(83)25-23-42)59(88)77-48(30-40-17-12-10-13-18-40)60(89)79-51(33-43-34-71-35-73-43)61(90)74-45(21-16-28-72-66(69)70)57(86)82-55(38(6)7)65(94)95/h10-15,17-20,22-25,34-39,45-51,53-55,83H,9,16,21,26-33,68H2,1-8H3,(H2,67,84)(H,71,73)(H,74,90)(H,75,93)(H,76,85)(H,77,88)(H,78,87)(H,79,89)(H,80,92)(H,81,91)(H,82,86)(H,94,95)(H4,69,70,72)/t39-,45-,46-,47-,48-,49-,50-,51-,53-,54-,55-/m0/s1. The minimum Gasteiger partial charge on any atom is -0.508 e. The second kappa shape index (κ2) is 38.9. The number of benzene rings is 3. The molecule has 20 N–H and O–H groups in total. The Bertz CT molecular complexity index is 3200. The molecule has 0 bridgehead atoms. The third-order valence-corrected chi connectivity index (χ3v) is 15.7. The molecule has 4 aromatic rings. The van der Waals surface area contributed by atoms with Gasteiger partial charge < -0.3 is 86.0 Å². The zero-order valence-electron chi connectivity index (χ0n) is 55.2. The highest BCUT2D eigenvalue weighted by atomic mass is 16.4. The topological polar surface area (TPSA) is 482 Å². The molecule has 4 rings (SSSR count). The van der Waals surface area contributed by atoms with E-state index in [0.717, 1.165) is 0 Å². The second-order valence-corrected chi connectivity index (χ2v) is 24.8. The number of aromatic amines is 1. The molecule has 0 aliphatic carbocycles. The largest absolute Gasteiger partial charge is 0.508 e. The maximum Gasteiger partial charge on any atom is 0.326 e. The van der Waals surface area contributed by atoms with Gasteiger partial charge in [-0.2, -0.15) is 0 Å². The van der Waals surface area contributed by atoms with Gasteiger partial charge in [0.05, 0.1) is 12.4 Å². The number of aromatic hydroxyl groups is 1. The number of hydrogen-bond acceptors (Lipinski definition) is 15. The van der Waals surface area contributed by atoms with Crippen LogP contribution >= 0.6 is 0 Å². The molecule has 29 heteroatoms. The fourth-order valence-electron chi connectivity index (χ4n) is 10.0. The van der Waals surface area contributed by atoms with Crippen LogP contribution in [-0.2, 0) is 78.4 Å². The number of carbonyl (C=O) groups is 11. The molecule has 1 heterocycles. The number of imidazole rings is 1. The van der Waals surface area contributed by atoms with Gasteiger partial charge in [-0.15, -0.1) is 0 Å². The highest BCUT2D eigenvalue weighted by molar-refractivity contribution is 5.99. The molecule has 0 unspecified atom stereocenters. The minimum absolute atomic E-state index is 0.0404. The number of nitrogens with two attached hydrogens (primary N) is 4. The Morgan fingerprint density at radius 3 is 1.36 bits per heavy atom. The number of carbonyl (C=O) groups excluding carboxylic acids is 10. The number of carboxylic acids is 1. The lowest BCUT2D eigenvalue weighted by Gasteiger charge is -2.29. The number of aliphatic imine (C=N–C) groups is 1. The lowest BCUT2D eigenvalue weighted by molar-refractivity contribution is -0.143. The van der Waals surface area contributed by atoms with Crippen LogP contribution < -0.4 is 70.8 Å². The quantitative estimate of drug-likeness (QED) is 0.0157. The van der Waals surface area contributed by atoms with Crippen molar-refractivity contribution in [1.82, 2.24) is 57.8 Å². The van der Waals surface area contributed by atoms with Crippen LogP contribution in [0.4, 0.5) is 0 Å². The average molecular weight is 1320 g/mol. The van der Waals surface area contributed by atoms with E-state index in [4.69, 9.17) is 22.9 Å². The van der Waals surface area contributed by atoms with E-state index < -0.39 is 150 Å². The molecule has 10 amide bonds. The zero-order valence-corrected chi connectivity index (χ0v) is 55.2. The Morgan fingerprint density at radius 2 is 0.916 bits per heavy atom. The molecule has 0 radical (unpaired) electrons. The van der Waals surface area contributed by atoms with E-state index >= 15 is 0 Å². The summed E-state index contributed by atoms with van der Waals surface area (Å²) in [6, 6.07) is 9.19. The molecule has 0 aliphatic rings. The number of amides is 10. The van der Waals surface area contributed by atoms with Gasteiger partial charge in [-0.1, -0.05) is 135 Å². The number of nitrogens with zero attached hydrogens (tertiary/aromatic N) is 2. The third kappa shape index (κ3) is 26.9. The van der Waals surface area contributed by atoms with Crippen molar-refractivity contribution in [3.8, 4) is 5.75 Å². The van der Waals surface area contributed by atoms with Gasteiger partial charge in [0, 0.05) is 50.5 Å². The smallest absolute Gasteiger partial charge is 0.326 e. The molecular weight excluding hydrogens is 1220 g/mol. The molecule has 11 atom stereocenters. The number of H-pyrrole nitrogens is 1. The van der Waals surface area contributed by atoms with Crippen molar-refractivity contribution in [2.24, 2.45) is 51.6 Å². The molecule has 0 fully saturated rings. The number of nitrogens with one attached hydrogen (secondary N) is 10. The van der Waals surface area contributed by atoms with Gasteiger partial charge in [0.25, 0.3) is 0 Å². The van der Waals surface area contributed by atoms with Crippen molar-refractivity contribution in [3.05, 3.63) is 120 Å². The molecule has 0 saturated heterocycles. The van der Waals surface area contributed by atoms with Gasteiger partial charge in [-0.3, -0.25) is 52.9 Å². The monoisotopic (exact) mass is 1320 g/mol. The molecule has 95 heavy (non-hydrogen) atoms. The van der Waals surface area contributed by atoms with Crippen LogP contribution in [0.5, 0.6) is 5.75 Å². The van der Waals surface area contributed by atoms with Crippen molar-refractivity contribution >= 4 is 71.0 Å². The van der Waals surface area contributed by atoms with Crippen molar-refractivity contribution in [3.63, 3.8) is 0 Å². The predicted octanol–water partition coefficient (Wildman–Crippen LogP) is -0.116. The lowest BCUT2D eigenvalue weighted by atomic mass is 9.97. The van der Waals surface area contributed by atoms with Gasteiger partial charge in [-0.05, 0) is 78.2 Å². The maximum atomic E-state index is 15.0. The molecule has 1 aromatic heterocycles. The molecule has 518 valence electrons. The van der Waals surface area contributed by atoms with Crippen molar-refractivity contribution < 1.29 is 63.0 Å². The van der Waals surface area contributed by atoms with E-state index in [2.05, 4.69) is 62.8 Å². The van der Waals surface area contributed by atoms with E-state index in [1.807, 2.05) is 27.7 Å². The average Bonchev–Trinajstić information content (AvgIpc) is 1.26. The normalized spacial score (nSPS) is 14.7. The number of phenols is 1. The van der Waals surface area contributed by atoms with Crippen LogP contribution in [0, 0.1) is 23.7 Å². The van der Waals surface area contributed by atoms with Crippen LogP contribution in [0.3, 0.4) is 0 Å². The van der Waals surface area contributed by atoms with Crippen LogP contribution in [0.25, 0.3) is 0 Å². The van der Waals surface area contributed by atoms with Gasteiger partial charge in [0.1, 0.15) is 60.1 Å². The number of aliphatic carboxylic acids is 1. The summed E-state index contributed by atoms with van der Waals surface area (Å²) < 4.78 is 0.